The number of thioether (sulfide) groups is 1. The molecule has 0 radical (unpaired) electrons. The average Bonchev–Trinajstić information content (AvgIpc) is 3.19. The van der Waals surface area contributed by atoms with Gasteiger partial charge >= 0.3 is 0 Å². The topological polar surface area (TPSA) is 105 Å². The minimum atomic E-state index is -0.437. The number of nitro groups is 1. The van der Waals surface area contributed by atoms with Gasteiger partial charge in [0, 0.05) is 45.2 Å². The third-order valence-corrected chi connectivity index (χ3v) is 6.38. The second kappa shape index (κ2) is 9.86. The van der Waals surface area contributed by atoms with Crippen LogP contribution in [0.15, 0.2) is 58.4 Å². The number of hydrogen-bond donors (Lipinski definition) is 0. The van der Waals surface area contributed by atoms with Crippen LogP contribution < -0.4 is 4.74 Å². The molecule has 33 heavy (non-hydrogen) atoms. The molecular weight excluding hydrogens is 444 g/mol. The summed E-state index contributed by atoms with van der Waals surface area (Å²) in [7, 11) is 0. The Balaban J connectivity index is 1.32. The highest BCUT2D eigenvalue weighted by Crippen LogP contribution is 2.31. The molecule has 0 aromatic heterocycles. The lowest BCUT2D eigenvalue weighted by atomic mass is 10.2. The highest BCUT2D eigenvalue weighted by atomic mass is 32.2. The average molecular weight is 467 g/mol. The lowest BCUT2D eigenvalue weighted by Gasteiger charge is -2.34. The van der Waals surface area contributed by atoms with Crippen LogP contribution >= 0.6 is 11.8 Å². The minimum Gasteiger partial charge on any atom is -0.489 e. The van der Waals surface area contributed by atoms with E-state index in [1.165, 1.54) is 23.9 Å². The Morgan fingerprint density at radius 2 is 1.79 bits per heavy atom. The van der Waals surface area contributed by atoms with Crippen molar-refractivity contribution in [2.75, 3.05) is 26.2 Å². The van der Waals surface area contributed by atoms with E-state index in [2.05, 4.69) is 4.99 Å². The number of nitro benzene ring substituents is 1. The number of benzene rings is 2. The SMILES string of the molecule is CC(=O)N1CCN(C2=NC(=O)/C(=C/c3ccc(OCc4ccc([N+](=O)[O-])cc4)cc3)S2)CC1. The maximum Gasteiger partial charge on any atom is 0.286 e. The zero-order chi connectivity index (χ0) is 23.4. The molecule has 2 aliphatic rings. The lowest BCUT2D eigenvalue weighted by molar-refractivity contribution is -0.384. The Labute approximate surface area is 194 Å². The predicted octanol–water partition coefficient (Wildman–Crippen LogP) is 3.31. The first kappa shape index (κ1) is 22.5. The Morgan fingerprint density at radius 3 is 2.39 bits per heavy atom. The van der Waals surface area contributed by atoms with E-state index in [0.29, 0.717) is 48.6 Å². The van der Waals surface area contributed by atoms with Crippen molar-refractivity contribution in [3.63, 3.8) is 0 Å². The number of non-ortho nitro benzene ring substituents is 1. The molecule has 170 valence electrons. The van der Waals surface area contributed by atoms with E-state index in [0.717, 1.165) is 11.1 Å². The molecule has 0 aliphatic carbocycles. The van der Waals surface area contributed by atoms with E-state index in [1.807, 2.05) is 29.2 Å². The van der Waals surface area contributed by atoms with Crippen molar-refractivity contribution < 1.29 is 19.2 Å². The summed E-state index contributed by atoms with van der Waals surface area (Å²) < 4.78 is 5.74. The molecule has 9 nitrogen and oxygen atoms in total. The number of carbonyl (C=O) groups is 2. The molecule has 1 fully saturated rings. The van der Waals surface area contributed by atoms with E-state index in [1.54, 1.807) is 30.0 Å². The molecule has 0 saturated carbocycles. The standard InChI is InChI=1S/C23H22N4O5S/c1-16(28)25-10-12-26(13-11-25)23-24-22(29)21(33-23)14-17-4-8-20(9-5-17)32-15-18-2-6-19(7-3-18)27(30)31/h2-9,14H,10-13,15H2,1H3/b21-14-. The zero-order valence-electron chi connectivity index (χ0n) is 18.0. The van der Waals surface area contributed by atoms with Gasteiger partial charge in [0.2, 0.25) is 5.91 Å². The Morgan fingerprint density at radius 1 is 1.12 bits per heavy atom. The minimum absolute atomic E-state index is 0.0425. The normalized spacial score (nSPS) is 17.3. The van der Waals surface area contributed by atoms with E-state index in [4.69, 9.17) is 4.74 Å². The summed E-state index contributed by atoms with van der Waals surface area (Å²) in [6.45, 7) is 4.43. The van der Waals surface area contributed by atoms with Crippen LogP contribution in [0.2, 0.25) is 0 Å². The van der Waals surface area contributed by atoms with Gasteiger partial charge in [-0.15, -0.1) is 0 Å². The highest BCUT2D eigenvalue weighted by Gasteiger charge is 2.28. The van der Waals surface area contributed by atoms with Crippen LogP contribution in [-0.4, -0.2) is 57.9 Å². The first-order valence-electron chi connectivity index (χ1n) is 10.4. The Kier molecular flexibility index (Phi) is 6.74. The number of rotatable bonds is 5. The second-order valence-corrected chi connectivity index (χ2v) is 8.59. The third kappa shape index (κ3) is 5.58. The van der Waals surface area contributed by atoms with Gasteiger partial charge in [0.05, 0.1) is 9.83 Å². The first-order chi connectivity index (χ1) is 15.9. The van der Waals surface area contributed by atoms with Crippen molar-refractivity contribution in [1.82, 2.24) is 9.80 Å². The van der Waals surface area contributed by atoms with E-state index < -0.39 is 4.92 Å². The van der Waals surface area contributed by atoms with E-state index in [-0.39, 0.29) is 17.5 Å². The van der Waals surface area contributed by atoms with Crippen molar-refractivity contribution in [3.8, 4) is 5.75 Å². The summed E-state index contributed by atoms with van der Waals surface area (Å²) >= 11 is 1.35. The molecule has 0 bridgehead atoms. The number of ether oxygens (including phenoxy) is 1. The molecule has 0 N–H and O–H groups in total. The predicted molar refractivity (Wildman–Crippen MR) is 126 cm³/mol. The van der Waals surface area contributed by atoms with E-state index >= 15 is 0 Å². The van der Waals surface area contributed by atoms with Crippen LogP contribution in [0.5, 0.6) is 5.75 Å². The zero-order valence-corrected chi connectivity index (χ0v) is 18.8. The molecule has 0 unspecified atom stereocenters. The molecule has 2 heterocycles. The van der Waals surface area contributed by atoms with Crippen molar-refractivity contribution in [2.45, 2.75) is 13.5 Å². The van der Waals surface area contributed by atoms with Crippen LogP contribution in [0.3, 0.4) is 0 Å². The number of hydrogen-bond acceptors (Lipinski definition) is 7. The third-order valence-electron chi connectivity index (χ3n) is 5.34. The van der Waals surface area contributed by atoms with Crippen LogP contribution in [0.4, 0.5) is 5.69 Å². The Bertz CT molecular complexity index is 1120. The summed E-state index contributed by atoms with van der Waals surface area (Å²) in [6, 6.07) is 13.6. The fourth-order valence-electron chi connectivity index (χ4n) is 3.44. The molecule has 2 aromatic carbocycles. The van der Waals surface area contributed by atoms with Gasteiger partial charge in [-0.25, -0.2) is 0 Å². The molecule has 0 spiro atoms. The fourth-order valence-corrected chi connectivity index (χ4v) is 4.40. The lowest BCUT2D eigenvalue weighted by Crippen LogP contribution is -2.49. The molecule has 2 amide bonds. The van der Waals surface area contributed by atoms with Crippen molar-refractivity contribution in [3.05, 3.63) is 74.7 Å². The molecule has 2 aliphatic heterocycles. The molecule has 10 heteroatoms. The first-order valence-corrected chi connectivity index (χ1v) is 11.2. The van der Waals surface area contributed by atoms with Crippen LogP contribution in [-0.2, 0) is 16.2 Å². The summed E-state index contributed by atoms with van der Waals surface area (Å²) in [5, 5.41) is 11.4. The number of carbonyl (C=O) groups excluding carboxylic acids is 2. The smallest absolute Gasteiger partial charge is 0.286 e. The van der Waals surface area contributed by atoms with Gasteiger partial charge in [-0.05, 0) is 53.2 Å². The van der Waals surface area contributed by atoms with Gasteiger partial charge in [-0.1, -0.05) is 12.1 Å². The van der Waals surface area contributed by atoms with Crippen molar-refractivity contribution >= 4 is 40.5 Å². The van der Waals surface area contributed by atoms with Crippen LogP contribution in [0, 0.1) is 10.1 Å². The molecule has 2 aromatic rings. The monoisotopic (exact) mass is 466 g/mol. The van der Waals surface area contributed by atoms with Crippen molar-refractivity contribution in [1.29, 1.82) is 0 Å². The molecule has 0 atom stereocenters. The summed E-state index contributed by atoms with van der Waals surface area (Å²) in [5.74, 6) is 0.455. The Hall–Kier alpha value is -3.66. The summed E-state index contributed by atoms with van der Waals surface area (Å²) in [4.78, 5) is 42.7. The molecule has 4 rings (SSSR count). The van der Waals surface area contributed by atoms with Crippen LogP contribution in [0.25, 0.3) is 6.08 Å². The number of piperazine rings is 1. The summed E-state index contributed by atoms with van der Waals surface area (Å²) in [5.41, 5.74) is 1.72. The summed E-state index contributed by atoms with van der Waals surface area (Å²) in [6.07, 6.45) is 1.80. The fraction of sp³-hybridized carbons (Fsp3) is 0.261. The largest absolute Gasteiger partial charge is 0.489 e. The van der Waals surface area contributed by atoms with Gasteiger partial charge in [0.15, 0.2) is 5.17 Å². The molecular formula is C23H22N4O5S. The second-order valence-electron chi connectivity index (χ2n) is 7.58. The highest BCUT2D eigenvalue weighted by molar-refractivity contribution is 8.18. The van der Waals surface area contributed by atoms with Crippen molar-refractivity contribution in [2.24, 2.45) is 4.99 Å². The van der Waals surface area contributed by atoms with Gasteiger partial charge in [0.1, 0.15) is 12.4 Å². The van der Waals surface area contributed by atoms with Crippen LogP contribution in [0.1, 0.15) is 18.1 Å². The quantitative estimate of drug-likeness (QED) is 0.378. The number of amidine groups is 1. The maximum atomic E-state index is 12.4. The number of nitrogens with zero attached hydrogens (tertiary/aromatic N) is 4. The molecule has 1 saturated heterocycles. The van der Waals surface area contributed by atoms with Gasteiger partial charge < -0.3 is 14.5 Å². The van der Waals surface area contributed by atoms with Gasteiger partial charge in [-0.3, -0.25) is 19.7 Å². The maximum absolute atomic E-state index is 12.4. The number of amides is 2. The van der Waals surface area contributed by atoms with E-state index in [9.17, 15) is 19.7 Å². The number of aliphatic imine (C=N–C) groups is 1. The van der Waals surface area contributed by atoms with Gasteiger partial charge in [0.25, 0.3) is 11.6 Å². The van der Waals surface area contributed by atoms with Gasteiger partial charge in [-0.2, -0.15) is 4.99 Å².